The molecule has 30 heavy (non-hydrogen) atoms. The Morgan fingerprint density at radius 2 is 1.67 bits per heavy atom. The SMILES string of the molecule is O=C(Nc1ccc(N2CCCC2)nc1)c1cccc(NS(=O)(=O)c2ccccc2)c1. The predicted molar refractivity (Wildman–Crippen MR) is 117 cm³/mol. The Morgan fingerprint density at radius 3 is 2.37 bits per heavy atom. The van der Waals surface area contributed by atoms with Gasteiger partial charge in [-0.05, 0) is 55.3 Å². The van der Waals surface area contributed by atoms with E-state index in [0.29, 0.717) is 16.9 Å². The molecule has 3 aromatic rings. The number of hydrogen-bond donors (Lipinski definition) is 2. The summed E-state index contributed by atoms with van der Waals surface area (Å²) in [6.45, 7) is 2.01. The van der Waals surface area contributed by atoms with Crippen molar-refractivity contribution in [1.82, 2.24) is 4.98 Å². The standard InChI is InChI=1S/C22H22N4O3S/c27-22(24-19-11-12-21(23-16-19)26-13-4-5-14-26)17-7-6-8-18(15-17)25-30(28,29)20-9-2-1-3-10-20/h1-3,6-12,15-16,25H,4-5,13-14H2,(H,24,27). The summed E-state index contributed by atoms with van der Waals surface area (Å²) in [7, 11) is -3.72. The minimum Gasteiger partial charge on any atom is -0.357 e. The maximum absolute atomic E-state index is 12.6. The van der Waals surface area contributed by atoms with Crippen LogP contribution in [0.25, 0.3) is 0 Å². The molecule has 8 heteroatoms. The second-order valence-electron chi connectivity index (χ2n) is 7.05. The molecule has 0 atom stereocenters. The van der Waals surface area contributed by atoms with E-state index in [1.54, 1.807) is 42.6 Å². The normalized spacial score (nSPS) is 13.8. The van der Waals surface area contributed by atoms with Crippen LogP contribution in [-0.4, -0.2) is 32.4 Å². The van der Waals surface area contributed by atoms with Crippen LogP contribution in [-0.2, 0) is 10.0 Å². The van der Waals surface area contributed by atoms with E-state index in [4.69, 9.17) is 0 Å². The minimum absolute atomic E-state index is 0.157. The van der Waals surface area contributed by atoms with Crippen LogP contribution in [0.1, 0.15) is 23.2 Å². The number of pyridine rings is 1. The first kappa shape index (κ1) is 19.9. The number of hydrogen-bond acceptors (Lipinski definition) is 5. The molecule has 0 unspecified atom stereocenters. The van der Waals surface area contributed by atoms with Crippen LogP contribution in [0.4, 0.5) is 17.2 Å². The van der Waals surface area contributed by atoms with Gasteiger partial charge in [-0.2, -0.15) is 0 Å². The maximum Gasteiger partial charge on any atom is 0.261 e. The highest BCUT2D eigenvalue weighted by Crippen LogP contribution is 2.21. The Labute approximate surface area is 175 Å². The smallest absolute Gasteiger partial charge is 0.261 e. The van der Waals surface area contributed by atoms with E-state index in [0.717, 1.165) is 18.9 Å². The molecule has 1 saturated heterocycles. The number of sulfonamides is 1. The Kier molecular flexibility index (Phi) is 5.67. The summed E-state index contributed by atoms with van der Waals surface area (Å²) in [5.74, 6) is 0.564. The Bertz CT molecular complexity index is 1130. The van der Waals surface area contributed by atoms with E-state index in [9.17, 15) is 13.2 Å². The van der Waals surface area contributed by atoms with Crippen molar-refractivity contribution in [3.63, 3.8) is 0 Å². The molecule has 2 N–H and O–H groups in total. The van der Waals surface area contributed by atoms with Gasteiger partial charge >= 0.3 is 0 Å². The molecule has 1 aromatic heterocycles. The third kappa shape index (κ3) is 4.60. The van der Waals surface area contributed by atoms with Gasteiger partial charge in [0.05, 0.1) is 16.8 Å². The number of rotatable bonds is 6. The zero-order valence-corrected chi connectivity index (χ0v) is 17.1. The van der Waals surface area contributed by atoms with Crippen molar-refractivity contribution in [3.05, 3.63) is 78.5 Å². The molecular formula is C22H22N4O3S. The lowest BCUT2D eigenvalue weighted by Gasteiger charge is -2.16. The molecular weight excluding hydrogens is 400 g/mol. The maximum atomic E-state index is 12.6. The lowest BCUT2D eigenvalue weighted by atomic mass is 10.2. The van der Waals surface area contributed by atoms with Crippen LogP contribution >= 0.6 is 0 Å². The van der Waals surface area contributed by atoms with Gasteiger partial charge in [0.25, 0.3) is 15.9 Å². The molecule has 1 fully saturated rings. The van der Waals surface area contributed by atoms with Crippen LogP contribution in [0, 0.1) is 0 Å². The van der Waals surface area contributed by atoms with Crippen molar-refractivity contribution in [3.8, 4) is 0 Å². The third-order valence-electron chi connectivity index (χ3n) is 4.87. The van der Waals surface area contributed by atoms with Crippen LogP contribution in [0.2, 0.25) is 0 Å². The molecule has 0 spiro atoms. The van der Waals surface area contributed by atoms with E-state index in [2.05, 4.69) is 19.9 Å². The van der Waals surface area contributed by atoms with Gasteiger partial charge in [0.1, 0.15) is 5.82 Å². The van der Waals surface area contributed by atoms with E-state index < -0.39 is 10.0 Å². The number of carbonyl (C=O) groups is 1. The minimum atomic E-state index is -3.72. The molecule has 1 aliphatic rings. The summed E-state index contributed by atoms with van der Waals surface area (Å²) in [5, 5.41) is 2.80. The Morgan fingerprint density at radius 1 is 0.900 bits per heavy atom. The number of carbonyl (C=O) groups excluding carboxylic acids is 1. The van der Waals surface area contributed by atoms with Crippen molar-refractivity contribution < 1.29 is 13.2 Å². The Balaban J connectivity index is 1.45. The van der Waals surface area contributed by atoms with Crippen LogP contribution in [0.15, 0.2) is 77.8 Å². The van der Waals surface area contributed by atoms with Gasteiger partial charge in [-0.25, -0.2) is 13.4 Å². The molecule has 7 nitrogen and oxygen atoms in total. The summed E-state index contributed by atoms with van der Waals surface area (Å²) in [5.41, 5.74) is 1.24. The summed E-state index contributed by atoms with van der Waals surface area (Å²) < 4.78 is 27.5. The van der Waals surface area contributed by atoms with Gasteiger partial charge in [0.15, 0.2) is 0 Å². The highest BCUT2D eigenvalue weighted by molar-refractivity contribution is 7.92. The fraction of sp³-hybridized carbons (Fsp3) is 0.182. The lowest BCUT2D eigenvalue weighted by Crippen LogP contribution is -2.19. The average Bonchev–Trinajstić information content (AvgIpc) is 3.30. The predicted octanol–water partition coefficient (Wildman–Crippen LogP) is 3.73. The van der Waals surface area contributed by atoms with Crippen molar-refractivity contribution in [1.29, 1.82) is 0 Å². The monoisotopic (exact) mass is 422 g/mol. The van der Waals surface area contributed by atoms with Gasteiger partial charge in [0.2, 0.25) is 0 Å². The first-order valence-electron chi connectivity index (χ1n) is 9.71. The molecule has 154 valence electrons. The number of amides is 1. The first-order chi connectivity index (χ1) is 14.5. The van der Waals surface area contributed by atoms with Crippen LogP contribution in [0.3, 0.4) is 0 Å². The number of nitrogens with one attached hydrogen (secondary N) is 2. The van der Waals surface area contributed by atoms with E-state index in [1.165, 1.54) is 31.0 Å². The lowest BCUT2D eigenvalue weighted by molar-refractivity contribution is 0.102. The molecule has 0 bridgehead atoms. The molecule has 2 heterocycles. The number of anilines is 3. The van der Waals surface area contributed by atoms with E-state index >= 15 is 0 Å². The third-order valence-corrected chi connectivity index (χ3v) is 6.26. The van der Waals surface area contributed by atoms with Gasteiger partial charge in [0, 0.05) is 24.3 Å². The summed E-state index contributed by atoms with van der Waals surface area (Å²) >= 11 is 0. The number of benzene rings is 2. The van der Waals surface area contributed by atoms with Gasteiger partial charge in [-0.1, -0.05) is 24.3 Å². The number of aromatic nitrogens is 1. The van der Waals surface area contributed by atoms with Gasteiger partial charge < -0.3 is 10.2 Å². The van der Waals surface area contributed by atoms with Crippen molar-refractivity contribution in [2.75, 3.05) is 28.0 Å². The first-order valence-corrected chi connectivity index (χ1v) is 11.2. The molecule has 2 aromatic carbocycles. The summed E-state index contributed by atoms with van der Waals surface area (Å²) in [6.07, 6.45) is 3.97. The van der Waals surface area contributed by atoms with Crippen LogP contribution in [0.5, 0.6) is 0 Å². The zero-order chi connectivity index (χ0) is 21.0. The zero-order valence-electron chi connectivity index (χ0n) is 16.3. The molecule has 0 radical (unpaired) electrons. The second-order valence-corrected chi connectivity index (χ2v) is 8.74. The quantitative estimate of drug-likeness (QED) is 0.632. The average molecular weight is 423 g/mol. The van der Waals surface area contributed by atoms with E-state index in [1.807, 2.05) is 12.1 Å². The summed E-state index contributed by atoms with van der Waals surface area (Å²) in [6, 6.07) is 18.2. The molecule has 1 amide bonds. The largest absolute Gasteiger partial charge is 0.357 e. The highest BCUT2D eigenvalue weighted by atomic mass is 32.2. The van der Waals surface area contributed by atoms with Crippen molar-refractivity contribution >= 4 is 33.1 Å². The Hall–Kier alpha value is -3.39. The molecule has 0 aliphatic carbocycles. The molecule has 4 rings (SSSR count). The van der Waals surface area contributed by atoms with Gasteiger partial charge in [-0.3, -0.25) is 9.52 Å². The highest BCUT2D eigenvalue weighted by Gasteiger charge is 2.16. The molecule has 0 saturated carbocycles. The number of nitrogens with zero attached hydrogens (tertiary/aromatic N) is 2. The fourth-order valence-corrected chi connectivity index (χ4v) is 4.40. The molecule has 1 aliphatic heterocycles. The topological polar surface area (TPSA) is 91.4 Å². The fourth-order valence-electron chi connectivity index (χ4n) is 3.33. The van der Waals surface area contributed by atoms with Crippen molar-refractivity contribution in [2.24, 2.45) is 0 Å². The van der Waals surface area contributed by atoms with Gasteiger partial charge in [-0.15, -0.1) is 0 Å². The van der Waals surface area contributed by atoms with E-state index in [-0.39, 0.29) is 10.8 Å². The van der Waals surface area contributed by atoms with Crippen LogP contribution < -0.4 is 14.9 Å². The summed E-state index contributed by atoms with van der Waals surface area (Å²) in [4.78, 5) is 19.4. The second kappa shape index (κ2) is 8.54. The van der Waals surface area contributed by atoms with Crippen molar-refractivity contribution in [2.45, 2.75) is 17.7 Å².